The molecule has 8 nitrogen and oxygen atoms in total. The van der Waals surface area contributed by atoms with Crippen molar-refractivity contribution >= 4 is 17.5 Å². The van der Waals surface area contributed by atoms with E-state index in [1.54, 1.807) is 6.92 Å². The summed E-state index contributed by atoms with van der Waals surface area (Å²) in [7, 11) is 0. The SMILES string of the molecule is CCn1c(CO)nn(-c2cc(OCC(F)(F)F)c(C(=O)NC3=C(F)CCC=C3Cl)cc2F)c1=O. The summed E-state index contributed by atoms with van der Waals surface area (Å²) < 4.78 is 73.7. The first kappa shape index (κ1) is 25.4. The largest absolute Gasteiger partial charge is 0.483 e. The first-order valence-corrected chi connectivity index (χ1v) is 10.2. The molecule has 3 rings (SSSR count). The second-order valence-corrected chi connectivity index (χ2v) is 7.45. The van der Waals surface area contributed by atoms with E-state index >= 15 is 0 Å². The van der Waals surface area contributed by atoms with E-state index in [0.717, 1.165) is 4.57 Å². The van der Waals surface area contributed by atoms with E-state index in [0.29, 0.717) is 16.8 Å². The van der Waals surface area contributed by atoms with E-state index < -0.39 is 65.3 Å². The number of nitrogens with zero attached hydrogens (tertiary/aromatic N) is 3. The van der Waals surface area contributed by atoms with Gasteiger partial charge in [-0.25, -0.2) is 13.6 Å². The van der Waals surface area contributed by atoms with Crippen LogP contribution in [0.15, 0.2) is 39.6 Å². The lowest BCUT2D eigenvalue weighted by molar-refractivity contribution is -0.153. The van der Waals surface area contributed by atoms with Gasteiger partial charge in [0, 0.05) is 19.0 Å². The van der Waals surface area contributed by atoms with Crippen molar-refractivity contribution in [2.75, 3.05) is 6.61 Å². The number of hydrogen-bond donors (Lipinski definition) is 2. The van der Waals surface area contributed by atoms with Crippen LogP contribution in [-0.4, -0.2) is 38.1 Å². The predicted octanol–water partition coefficient (Wildman–Crippen LogP) is 3.45. The number of amides is 1. The lowest BCUT2D eigenvalue weighted by Crippen LogP contribution is -2.28. The van der Waals surface area contributed by atoms with E-state index in [4.69, 9.17) is 16.3 Å². The van der Waals surface area contributed by atoms with Gasteiger partial charge in [-0.1, -0.05) is 17.7 Å². The molecule has 1 heterocycles. The molecule has 0 bridgehead atoms. The minimum absolute atomic E-state index is 0.0627. The first-order valence-electron chi connectivity index (χ1n) is 9.85. The van der Waals surface area contributed by atoms with Crippen molar-refractivity contribution in [3.8, 4) is 11.4 Å². The number of hydrogen-bond acceptors (Lipinski definition) is 5. The fourth-order valence-corrected chi connectivity index (χ4v) is 3.44. The van der Waals surface area contributed by atoms with Crippen LogP contribution in [0.1, 0.15) is 35.9 Å². The van der Waals surface area contributed by atoms with Crippen LogP contribution in [0.5, 0.6) is 5.75 Å². The van der Waals surface area contributed by atoms with Gasteiger partial charge in [-0.15, -0.1) is 5.10 Å². The van der Waals surface area contributed by atoms with Crippen molar-refractivity contribution < 1.29 is 36.6 Å². The molecule has 1 aliphatic carbocycles. The average molecular weight is 509 g/mol. The number of carbonyl (C=O) groups excluding carboxylic acids is 1. The van der Waals surface area contributed by atoms with Gasteiger partial charge in [0.2, 0.25) is 0 Å². The van der Waals surface area contributed by atoms with Gasteiger partial charge in [0.1, 0.15) is 29.7 Å². The molecule has 1 aliphatic rings. The monoisotopic (exact) mass is 508 g/mol. The van der Waals surface area contributed by atoms with E-state index in [9.17, 15) is 36.6 Å². The number of allylic oxidation sites excluding steroid dienone is 3. The topological polar surface area (TPSA) is 98.4 Å². The second kappa shape index (κ2) is 9.97. The van der Waals surface area contributed by atoms with E-state index in [2.05, 4.69) is 10.4 Å². The fourth-order valence-electron chi connectivity index (χ4n) is 3.18. The third-order valence-corrected chi connectivity index (χ3v) is 5.09. The van der Waals surface area contributed by atoms with Crippen LogP contribution in [0.4, 0.5) is 22.0 Å². The number of benzene rings is 1. The summed E-state index contributed by atoms with van der Waals surface area (Å²) in [6.07, 6.45) is -3.16. The molecule has 0 aliphatic heterocycles. The molecule has 1 amide bonds. The molecular weight excluding hydrogens is 491 g/mol. The van der Waals surface area contributed by atoms with Gasteiger partial charge in [0.05, 0.1) is 16.3 Å². The van der Waals surface area contributed by atoms with Crippen LogP contribution in [0, 0.1) is 5.82 Å². The van der Waals surface area contributed by atoms with Gasteiger partial charge in [-0.2, -0.15) is 17.9 Å². The van der Waals surface area contributed by atoms with Crippen LogP contribution >= 0.6 is 11.6 Å². The van der Waals surface area contributed by atoms with Gasteiger partial charge >= 0.3 is 11.9 Å². The Bertz CT molecular complexity index is 1230. The number of halogens is 6. The lowest BCUT2D eigenvalue weighted by atomic mass is 10.1. The molecule has 2 aromatic rings. The van der Waals surface area contributed by atoms with E-state index in [1.807, 2.05) is 0 Å². The summed E-state index contributed by atoms with van der Waals surface area (Å²) in [5.74, 6) is -4.02. The quantitative estimate of drug-likeness (QED) is 0.558. The molecule has 34 heavy (non-hydrogen) atoms. The number of aromatic nitrogens is 3. The molecule has 0 saturated carbocycles. The first-order chi connectivity index (χ1) is 16.0. The molecule has 184 valence electrons. The van der Waals surface area contributed by atoms with Crippen LogP contribution in [-0.2, 0) is 13.2 Å². The lowest BCUT2D eigenvalue weighted by Gasteiger charge is -2.17. The second-order valence-electron chi connectivity index (χ2n) is 7.04. The molecule has 0 atom stereocenters. The number of nitrogens with one attached hydrogen (secondary N) is 1. The Morgan fingerprint density at radius 2 is 2.03 bits per heavy atom. The summed E-state index contributed by atoms with van der Waals surface area (Å²) >= 11 is 5.89. The Morgan fingerprint density at radius 1 is 1.32 bits per heavy atom. The third-order valence-electron chi connectivity index (χ3n) is 4.75. The number of rotatable bonds is 7. The summed E-state index contributed by atoms with van der Waals surface area (Å²) in [5, 5.41) is 15.1. The van der Waals surface area contributed by atoms with Gasteiger partial charge in [-0.05, 0) is 19.4 Å². The number of aliphatic hydroxyl groups is 1. The van der Waals surface area contributed by atoms with Crippen LogP contribution < -0.4 is 15.7 Å². The Balaban J connectivity index is 2.09. The third kappa shape index (κ3) is 5.30. The molecule has 0 spiro atoms. The Kier molecular flexibility index (Phi) is 7.46. The molecule has 1 aromatic carbocycles. The summed E-state index contributed by atoms with van der Waals surface area (Å²) in [4.78, 5) is 25.3. The van der Waals surface area contributed by atoms with Gasteiger partial charge in [0.25, 0.3) is 5.91 Å². The molecule has 0 radical (unpaired) electrons. The smallest absolute Gasteiger partial charge is 0.422 e. The summed E-state index contributed by atoms with van der Waals surface area (Å²) in [6, 6.07) is 1.22. The van der Waals surface area contributed by atoms with Crippen LogP contribution in [0.2, 0.25) is 0 Å². The highest BCUT2D eigenvalue weighted by molar-refractivity contribution is 6.32. The van der Waals surface area contributed by atoms with Gasteiger partial charge in [0.15, 0.2) is 12.4 Å². The Hall–Kier alpha value is -3.19. The number of carbonyl (C=O) groups is 1. The highest BCUT2D eigenvalue weighted by Crippen LogP contribution is 2.30. The minimum Gasteiger partial charge on any atom is -0.483 e. The van der Waals surface area contributed by atoms with Crippen LogP contribution in [0.3, 0.4) is 0 Å². The molecule has 0 saturated heterocycles. The highest BCUT2D eigenvalue weighted by Gasteiger charge is 2.31. The Morgan fingerprint density at radius 3 is 2.59 bits per heavy atom. The maximum atomic E-state index is 15.0. The van der Waals surface area contributed by atoms with Crippen molar-refractivity contribution in [1.82, 2.24) is 19.7 Å². The maximum Gasteiger partial charge on any atom is 0.422 e. The predicted molar refractivity (Wildman–Crippen MR) is 110 cm³/mol. The Labute approximate surface area is 193 Å². The highest BCUT2D eigenvalue weighted by atomic mass is 35.5. The van der Waals surface area contributed by atoms with Crippen molar-refractivity contribution in [3.63, 3.8) is 0 Å². The minimum atomic E-state index is -4.81. The standard InChI is InChI=1S/C20H18ClF5N4O4/c1-2-29-16(8-31)28-30(19(29)33)14-7-15(34-9-20(24,25)26)10(6-13(14)23)18(32)27-17-11(21)4-3-5-12(17)22/h4,6-7,31H,2-3,5,8-9H2,1H3,(H,27,32). The number of alkyl halides is 3. The van der Waals surface area contributed by atoms with Gasteiger partial charge < -0.3 is 15.2 Å². The average Bonchev–Trinajstić information content (AvgIpc) is 3.09. The molecular formula is C20H18ClF5N4O4. The van der Waals surface area contributed by atoms with Gasteiger partial charge in [-0.3, -0.25) is 9.36 Å². The zero-order valence-corrected chi connectivity index (χ0v) is 18.3. The van der Waals surface area contributed by atoms with Crippen LogP contribution in [0.25, 0.3) is 5.69 Å². The van der Waals surface area contributed by atoms with Crippen molar-refractivity contribution in [2.45, 2.75) is 39.1 Å². The zero-order chi connectivity index (χ0) is 25.2. The van der Waals surface area contributed by atoms with Crippen molar-refractivity contribution in [1.29, 1.82) is 0 Å². The molecule has 1 aromatic heterocycles. The summed E-state index contributed by atoms with van der Waals surface area (Å²) in [5.41, 5.74) is -2.60. The van der Waals surface area contributed by atoms with Crippen molar-refractivity contribution in [2.24, 2.45) is 0 Å². The summed E-state index contributed by atoms with van der Waals surface area (Å²) in [6.45, 7) is -0.864. The fraction of sp³-hybridized carbons (Fsp3) is 0.350. The maximum absolute atomic E-state index is 15.0. The molecule has 2 N–H and O–H groups in total. The normalized spacial score (nSPS) is 14.3. The molecule has 0 unspecified atom stereocenters. The van der Waals surface area contributed by atoms with E-state index in [-0.39, 0.29) is 30.2 Å². The van der Waals surface area contributed by atoms with E-state index in [1.165, 1.54) is 6.08 Å². The molecule has 0 fully saturated rings. The molecule has 14 heteroatoms. The number of aliphatic hydroxyl groups excluding tert-OH is 1. The number of ether oxygens (including phenoxy) is 1. The van der Waals surface area contributed by atoms with Crippen molar-refractivity contribution in [3.05, 3.63) is 62.5 Å². The zero-order valence-electron chi connectivity index (χ0n) is 17.5.